The van der Waals surface area contributed by atoms with E-state index in [9.17, 15) is 19.2 Å². The first-order chi connectivity index (χ1) is 21.9. The van der Waals surface area contributed by atoms with Crippen LogP contribution >= 0.6 is 0 Å². The Morgan fingerprint density at radius 1 is 0.800 bits per heavy atom. The fourth-order valence-electron chi connectivity index (χ4n) is 8.45. The van der Waals surface area contributed by atoms with Crippen molar-refractivity contribution in [3.05, 3.63) is 84.4 Å². The molecule has 0 aromatic heterocycles. The predicted octanol–water partition coefficient (Wildman–Crippen LogP) is 6.14. The Hall–Kier alpha value is -4.66. The number of hydrogen-bond acceptors (Lipinski definition) is 5. The summed E-state index contributed by atoms with van der Waals surface area (Å²) >= 11 is 0. The van der Waals surface area contributed by atoms with Crippen molar-refractivity contribution in [2.24, 2.45) is 29.6 Å². The van der Waals surface area contributed by atoms with Crippen LogP contribution in [0, 0.1) is 29.6 Å². The van der Waals surface area contributed by atoms with Gasteiger partial charge in [0.1, 0.15) is 0 Å². The molecule has 4 saturated carbocycles. The quantitative estimate of drug-likeness (QED) is 0.248. The van der Waals surface area contributed by atoms with Gasteiger partial charge in [0.25, 0.3) is 11.8 Å². The second-order valence-electron chi connectivity index (χ2n) is 12.9. The molecule has 0 saturated heterocycles. The molecule has 1 atom stereocenters. The Kier molecular flexibility index (Phi) is 7.77. The summed E-state index contributed by atoms with van der Waals surface area (Å²) < 4.78 is 5.08. The zero-order chi connectivity index (χ0) is 31.1. The van der Waals surface area contributed by atoms with E-state index in [0.29, 0.717) is 47.0 Å². The van der Waals surface area contributed by atoms with Gasteiger partial charge in [0, 0.05) is 17.9 Å². The molecule has 3 aromatic carbocycles. The lowest BCUT2D eigenvalue weighted by Gasteiger charge is -2.55. The smallest absolute Gasteiger partial charge is 0.338 e. The standard InChI is InChI=1S/C36H38N4O5/c1-2-45-35(43)24-9-8-10-27(20-24)37-36(44)38-32-33(41)39(21-29-25-16-22-15-23(18-25)19-26(29)17-22)30-13-6-7-14-31(30)40(34(32)42)28-11-4-3-5-12-28/h3-14,20,22-23,25-26,29,32H,2,15-19,21H2,1H3,(H2,37,38,44). The minimum absolute atomic E-state index is 0.225. The second kappa shape index (κ2) is 12.0. The number of rotatable bonds is 7. The van der Waals surface area contributed by atoms with Crippen LogP contribution in [0.4, 0.5) is 27.5 Å². The molecular formula is C36H38N4O5. The molecule has 1 aliphatic heterocycles. The number of anilines is 4. The molecule has 8 rings (SSSR count). The Balaban J connectivity index is 1.21. The van der Waals surface area contributed by atoms with Crippen molar-refractivity contribution in [2.45, 2.75) is 45.1 Å². The summed E-state index contributed by atoms with van der Waals surface area (Å²) in [6, 6.07) is 20.9. The van der Waals surface area contributed by atoms with E-state index in [0.717, 1.165) is 11.8 Å². The van der Waals surface area contributed by atoms with Gasteiger partial charge in [-0.25, -0.2) is 9.59 Å². The number of fused-ring (bicyclic) bond motifs is 1. The maximum atomic E-state index is 14.5. The summed E-state index contributed by atoms with van der Waals surface area (Å²) in [4.78, 5) is 57.9. The first-order valence-electron chi connectivity index (χ1n) is 16.0. The number of para-hydroxylation sites is 3. The maximum absolute atomic E-state index is 14.5. The topological polar surface area (TPSA) is 108 Å². The van der Waals surface area contributed by atoms with E-state index < -0.39 is 29.9 Å². The van der Waals surface area contributed by atoms with E-state index in [1.54, 1.807) is 30.0 Å². The zero-order valence-electron chi connectivity index (χ0n) is 25.4. The molecule has 4 aliphatic carbocycles. The number of esters is 1. The average Bonchev–Trinajstić information content (AvgIpc) is 3.11. The van der Waals surface area contributed by atoms with Gasteiger partial charge in [0.2, 0.25) is 0 Å². The molecule has 2 N–H and O–H groups in total. The predicted molar refractivity (Wildman–Crippen MR) is 171 cm³/mol. The van der Waals surface area contributed by atoms with Crippen molar-refractivity contribution in [1.29, 1.82) is 0 Å². The fraction of sp³-hybridized carbons (Fsp3) is 0.389. The van der Waals surface area contributed by atoms with Gasteiger partial charge >= 0.3 is 12.0 Å². The first-order valence-corrected chi connectivity index (χ1v) is 16.0. The first kappa shape index (κ1) is 29.1. The van der Waals surface area contributed by atoms with Gasteiger partial charge in [-0.15, -0.1) is 0 Å². The number of urea groups is 1. The third-order valence-electron chi connectivity index (χ3n) is 10.1. The highest BCUT2D eigenvalue weighted by molar-refractivity contribution is 6.24. The van der Waals surface area contributed by atoms with E-state index in [1.165, 1.54) is 43.1 Å². The molecule has 232 valence electrons. The van der Waals surface area contributed by atoms with Crippen molar-refractivity contribution < 1.29 is 23.9 Å². The zero-order valence-corrected chi connectivity index (χ0v) is 25.4. The van der Waals surface area contributed by atoms with Crippen molar-refractivity contribution in [3.63, 3.8) is 0 Å². The van der Waals surface area contributed by atoms with Crippen LogP contribution in [0.25, 0.3) is 0 Å². The Labute approximate surface area is 262 Å². The van der Waals surface area contributed by atoms with Crippen molar-refractivity contribution in [1.82, 2.24) is 5.32 Å². The molecule has 9 heteroatoms. The van der Waals surface area contributed by atoms with Gasteiger partial charge in [-0.2, -0.15) is 0 Å². The maximum Gasteiger partial charge on any atom is 0.338 e. The number of carbonyl (C=O) groups is 4. The lowest BCUT2D eigenvalue weighted by molar-refractivity contribution is -0.128. The number of hydrogen-bond donors (Lipinski definition) is 2. The molecule has 5 aliphatic rings. The molecule has 9 nitrogen and oxygen atoms in total. The van der Waals surface area contributed by atoms with Crippen LogP contribution in [0.1, 0.15) is 49.4 Å². The number of nitrogens with zero attached hydrogens (tertiary/aromatic N) is 2. The number of carbonyl (C=O) groups excluding carboxylic acids is 4. The lowest BCUT2D eigenvalue weighted by atomic mass is 9.52. The van der Waals surface area contributed by atoms with Crippen LogP contribution in [-0.2, 0) is 14.3 Å². The molecule has 0 radical (unpaired) electrons. The molecule has 3 aromatic rings. The Bertz CT molecular complexity index is 1600. The van der Waals surface area contributed by atoms with Crippen LogP contribution in [0.2, 0.25) is 0 Å². The van der Waals surface area contributed by atoms with Gasteiger partial charge in [-0.3, -0.25) is 14.5 Å². The molecule has 45 heavy (non-hydrogen) atoms. The monoisotopic (exact) mass is 606 g/mol. The highest BCUT2D eigenvalue weighted by Gasteiger charge is 2.50. The SMILES string of the molecule is CCOC(=O)c1cccc(NC(=O)NC2C(=O)N(CC3C4CC5CC(C4)CC3C5)c3ccccc3N(c3ccccc3)C2=O)c1. The van der Waals surface area contributed by atoms with Crippen LogP contribution in [0.15, 0.2) is 78.9 Å². The molecule has 4 fully saturated rings. The van der Waals surface area contributed by atoms with Crippen molar-refractivity contribution >= 4 is 46.6 Å². The van der Waals surface area contributed by atoms with Crippen LogP contribution in [0.3, 0.4) is 0 Å². The van der Waals surface area contributed by atoms with E-state index in [4.69, 9.17) is 4.74 Å². The number of nitrogens with one attached hydrogen (secondary N) is 2. The Morgan fingerprint density at radius 3 is 2.16 bits per heavy atom. The van der Waals surface area contributed by atoms with E-state index in [2.05, 4.69) is 10.6 Å². The average molecular weight is 607 g/mol. The van der Waals surface area contributed by atoms with Crippen LogP contribution < -0.4 is 20.4 Å². The van der Waals surface area contributed by atoms with E-state index in [1.807, 2.05) is 54.6 Å². The molecule has 1 unspecified atom stereocenters. The molecule has 0 spiro atoms. The number of ether oxygens (including phenoxy) is 1. The number of benzene rings is 3. The summed E-state index contributed by atoms with van der Waals surface area (Å²) in [6.07, 6.45) is 6.20. The molecular weight excluding hydrogens is 568 g/mol. The van der Waals surface area contributed by atoms with Crippen LogP contribution in [-0.4, -0.2) is 43.0 Å². The Morgan fingerprint density at radius 2 is 1.47 bits per heavy atom. The third kappa shape index (κ3) is 5.56. The highest BCUT2D eigenvalue weighted by Crippen LogP contribution is 2.57. The van der Waals surface area contributed by atoms with E-state index in [-0.39, 0.29) is 12.2 Å². The summed E-state index contributed by atoms with van der Waals surface area (Å²) in [5.41, 5.74) is 2.50. The lowest BCUT2D eigenvalue weighted by Crippen LogP contribution is -2.57. The summed E-state index contributed by atoms with van der Waals surface area (Å²) in [6.45, 7) is 2.46. The second-order valence-corrected chi connectivity index (χ2v) is 12.9. The van der Waals surface area contributed by atoms with Gasteiger partial charge in [0.05, 0.1) is 23.5 Å². The summed E-state index contributed by atoms with van der Waals surface area (Å²) in [7, 11) is 0. The fourth-order valence-corrected chi connectivity index (χ4v) is 8.45. The van der Waals surface area contributed by atoms with Gasteiger partial charge in [0.15, 0.2) is 6.04 Å². The minimum Gasteiger partial charge on any atom is -0.462 e. The third-order valence-corrected chi connectivity index (χ3v) is 10.1. The van der Waals surface area contributed by atoms with Gasteiger partial charge in [-0.05, 0) is 111 Å². The minimum atomic E-state index is -1.47. The molecule has 1 heterocycles. The molecule has 4 amide bonds. The largest absolute Gasteiger partial charge is 0.462 e. The van der Waals surface area contributed by atoms with Gasteiger partial charge < -0.3 is 20.3 Å². The normalized spacial score (nSPS) is 26.7. The van der Waals surface area contributed by atoms with Gasteiger partial charge in [-0.1, -0.05) is 36.4 Å². The number of amides is 4. The summed E-state index contributed by atoms with van der Waals surface area (Å²) in [5.74, 6) is 1.61. The molecule has 4 bridgehead atoms. The highest BCUT2D eigenvalue weighted by atomic mass is 16.5. The summed E-state index contributed by atoms with van der Waals surface area (Å²) in [5, 5.41) is 5.40. The van der Waals surface area contributed by atoms with Crippen molar-refractivity contribution in [3.8, 4) is 0 Å². The van der Waals surface area contributed by atoms with Crippen molar-refractivity contribution in [2.75, 3.05) is 28.3 Å². The van der Waals surface area contributed by atoms with E-state index >= 15 is 0 Å². The van der Waals surface area contributed by atoms with Crippen LogP contribution in [0.5, 0.6) is 0 Å².